The zero-order valence-corrected chi connectivity index (χ0v) is 9.83. The van der Waals surface area contributed by atoms with Crippen molar-refractivity contribution in [3.8, 4) is 0 Å². The van der Waals surface area contributed by atoms with Crippen molar-refractivity contribution in [3.63, 3.8) is 0 Å². The first-order valence-electron chi connectivity index (χ1n) is 5.89. The van der Waals surface area contributed by atoms with Crippen molar-refractivity contribution >= 4 is 11.0 Å². The maximum Gasteiger partial charge on any atom is 0.140 e. The van der Waals surface area contributed by atoms with Crippen LogP contribution in [-0.4, -0.2) is 22.6 Å². The highest BCUT2D eigenvalue weighted by Gasteiger charge is 2.23. The summed E-state index contributed by atoms with van der Waals surface area (Å²) in [4.78, 5) is 4.48. The lowest BCUT2D eigenvalue weighted by atomic mass is 9.92. The monoisotopic (exact) mass is 215 g/mol. The average molecular weight is 215 g/mol. The molecule has 3 rings (SSSR count). The third kappa shape index (κ3) is 1.28. The van der Waals surface area contributed by atoms with Gasteiger partial charge in [0.25, 0.3) is 0 Å². The molecule has 3 heteroatoms. The van der Waals surface area contributed by atoms with E-state index in [0.29, 0.717) is 6.04 Å². The largest absolute Gasteiger partial charge is 0.332 e. The topological polar surface area (TPSA) is 29.9 Å². The molecule has 2 aromatic heterocycles. The highest BCUT2D eigenvalue weighted by Crippen LogP contribution is 2.30. The molecule has 16 heavy (non-hydrogen) atoms. The van der Waals surface area contributed by atoms with Crippen molar-refractivity contribution in [3.05, 3.63) is 29.6 Å². The smallest absolute Gasteiger partial charge is 0.140 e. The van der Waals surface area contributed by atoms with E-state index in [-0.39, 0.29) is 0 Å². The van der Waals surface area contributed by atoms with Gasteiger partial charge in [0.05, 0.1) is 0 Å². The van der Waals surface area contributed by atoms with Crippen molar-refractivity contribution in [2.45, 2.75) is 25.3 Å². The second-order valence-corrected chi connectivity index (χ2v) is 4.59. The molecule has 1 N–H and O–H groups in total. The Hall–Kier alpha value is -1.35. The average Bonchev–Trinajstić information content (AvgIpc) is 2.64. The quantitative estimate of drug-likeness (QED) is 0.784. The molecule has 3 nitrogen and oxygen atoms in total. The Kier molecular flexibility index (Phi) is 2.21. The van der Waals surface area contributed by atoms with Crippen LogP contribution in [0.25, 0.3) is 11.0 Å². The van der Waals surface area contributed by atoms with Gasteiger partial charge in [0.15, 0.2) is 0 Å². The highest BCUT2D eigenvalue weighted by atomic mass is 15.0. The van der Waals surface area contributed by atoms with Crippen LogP contribution >= 0.6 is 0 Å². The van der Waals surface area contributed by atoms with Crippen molar-refractivity contribution in [1.29, 1.82) is 0 Å². The molecule has 1 aliphatic rings. The SMILES string of the molecule is CNC1CCc2c(c3cccnc3n2C)C1. The summed E-state index contributed by atoms with van der Waals surface area (Å²) in [6, 6.07) is 4.85. The second kappa shape index (κ2) is 3.59. The first-order chi connectivity index (χ1) is 7.81. The number of hydrogen-bond donors (Lipinski definition) is 1. The summed E-state index contributed by atoms with van der Waals surface area (Å²) in [5.41, 5.74) is 4.10. The third-order valence-electron chi connectivity index (χ3n) is 3.77. The Morgan fingerprint density at radius 1 is 1.50 bits per heavy atom. The maximum atomic E-state index is 4.48. The lowest BCUT2D eigenvalue weighted by Crippen LogP contribution is -2.31. The summed E-state index contributed by atoms with van der Waals surface area (Å²) >= 11 is 0. The van der Waals surface area contributed by atoms with Crippen LogP contribution in [0.5, 0.6) is 0 Å². The number of fused-ring (bicyclic) bond motifs is 3. The fraction of sp³-hybridized carbons (Fsp3) is 0.462. The van der Waals surface area contributed by atoms with E-state index in [9.17, 15) is 0 Å². The van der Waals surface area contributed by atoms with Gasteiger partial charge in [-0.2, -0.15) is 0 Å². The number of aryl methyl sites for hydroxylation is 1. The molecular weight excluding hydrogens is 198 g/mol. The number of pyridine rings is 1. The molecule has 2 aromatic rings. The number of nitrogens with one attached hydrogen (secondary N) is 1. The number of rotatable bonds is 1. The van der Waals surface area contributed by atoms with E-state index >= 15 is 0 Å². The maximum absolute atomic E-state index is 4.48. The van der Waals surface area contributed by atoms with Gasteiger partial charge in [-0.25, -0.2) is 4.98 Å². The molecule has 0 aliphatic heterocycles. The van der Waals surface area contributed by atoms with Crippen molar-refractivity contribution in [1.82, 2.24) is 14.9 Å². The van der Waals surface area contributed by atoms with Crippen molar-refractivity contribution in [2.75, 3.05) is 7.05 Å². The van der Waals surface area contributed by atoms with E-state index in [1.54, 1.807) is 0 Å². The Balaban J connectivity index is 2.21. The minimum absolute atomic E-state index is 0.623. The van der Waals surface area contributed by atoms with Crippen molar-refractivity contribution < 1.29 is 0 Å². The van der Waals surface area contributed by atoms with E-state index in [0.717, 1.165) is 18.5 Å². The van der Waals surface area contributed by atoms with Gasteiger partial charge in [-0.05, 0) is 44.0 Å². The Labute approximate surface area is 95.5 Å². The lowest BCUT2D eigenvalue weighted by Gasteiger charge is -2.22. The van der Waals surface area contributed by atoms with E-state index < -0.39 is 0 Å². The molecule has 0 saturated heterocycles. The van der Waals surface area contributed by atoms with Crippen LogP contribution in [0.2, 0.25) is 0 Å². The predicted octanol–water partition coefficient (Wildman–Crippen LogP) is 1.65. The summed E-state index contributed by atoms with van der Waals surface area (Å²) in [7, 11) is 4.19. The molecule has 0 radical (unpaired) electrons. The van der Waals surface area contributed by atoms with Gasteiger partial charge in [-0.15, -0.1) is 0 Å². The lowest BCUT2D eigenvalue weighted by molar-refractivity contribution is 0.488. The number of hydrogen-bond acceptors (Lipinski definition) is 2. The van der Waals surface area contributed by atoms with Gasteiger partial charge in [-0.1, -0.05) is 0 Å². The summed E-state index contributed by atoms with van der Waals surface area (Å²) in [5, 5.41) is 4.72. The van der Waals surface area contributed by atoms with Gasteiger partial charge >= 0.3 is 0 Å². The van der Waals surface area contributed by atoms with Crippen molar-refractivity contribution in [2.24, 2.45) is 7.05 Å². The number of aromatic nitrogens is 2. The zero-order chi connectivity index (χ0) is 11.1. The fourth-order valence-corrected chi connectivity index (χ4v) is 2.84. The molecule has 0 saturated carbocycles. The molecule has 1 aliphatic carbocycles. The Morgan fingerprint density at radius 2 is 2.38 bits per heavy atom. The predicted molar refractivity (Wildman–Crippen MR) is 65.6 cm³/mol. The summed E-state index contributed by atoms with van der Waals surface area (Å²) in [6.45, 7) is 0. The van der Waals surface area contributed by atoms with E-state index in [2.05, 4.69) is 35.0 Å². The Morgan fingerprint density at radius 3 is 3.19 bits per heavy atom. The third-order valence-corrected chi connectivity index (χ3v) is 3.77. The van der Waals surface area contributed by atoms with Gasteiger partial charge < -0.3 is 9.88 Å². The highest BCUT2D eigenvalue weighted by molar-refractivity contribution is 5.82. The minimum atomic E-state index is 0.623. The van der Waals surface area contributed by atoms with Gasteiger partial charge in [0.2, 0.25) is 0 Å². The molecule has 84 valence electrons. The summed E-state index contributed by atoms with van der Waals surface area (Å²) in [5.74, 6) is 0. The van der Waals surface area contributed by atoms with Gasteiger partial charge in [0, 0.05) is 30.4 Å². The molecule has 0 aromatic carbocycles. The second-order valence-electron chi connectivity index (χ2n) is 4.59. The van der Waals surface area contributed by atoms with Crippen LogP contribution in [0, 0.1) is 0 Å². The fourth-order valence-electron chi connectivity index (χ4n) is 2.84. The molecule has 0 bridgehead atoms. The van der Waals surface area contributed by atoms with Crippen LogP contribution < -0.4 is 5.32 Å². The van der Waals surface area contributed by atoms with Crippen LogP contribution in [-0.2, 0) is 19.9 Å². The normalized spacial score (nSPS) is 20.0. The molecule has 0 spiro atoms. The minimum Gasteiger partial charge on any atom is -0.332 e. The molecule has 1 unspecified atom stereocenters. The van der Waals surface area contributed by atoms with Crippen LogP contribution in [0.1, 0.15) is 17.7 Å². The number of likely N-dealkylation sites (N-methyl/N-ethyl adjacent to an activating group) is 1. The first kappa shape index (κ1) is 9.85. The molecule has 0 fully saturated rings. The van der Waals surface area contributed by atoms with E-state index in [1.165, 1.54) is 23.1 Å². The molecule has 2 heterocycles. The summed E-state index contributed by atoms with van der Waals surface area (Å²) in [6.07, 6.45) is 5.40. The van der Waals surface area contributed by atoms with Crippen LogP contribution in [0.3, 0.4) is 0 Å². The zero-order valence-electron chi connectivity index (χ0n) is 9.83. The van der Waals surface area contributed by atoms with Crippen LogP contribution in [0.15, 0.2) is 18.3 Å². The van der Waals surface area contributed by atoms with E-state index in [4.69, 9.17) is 0 Å². The Bertz CT molecular complexity index is 527. The summed E-state index contributed by atoms with van der Waals surface area (Å²) < 4.78 is 2.26. The molecular formula is C13H17N3. The first-order valence-corrected chi connectivity index (χ1v) is 5.89. The number of nitrogens with zero attached hydrogens (tertiary/aromatic N) is 2. The van der Waals surface area contributed by atoms with Gasteiger partial charge in [-0.3, -0.25) is 0 Å². The standard InChI is InChI=1S/C13H17N3/c1-14-9-5-6-12-11(8-9)10-4-3-7-15-13(10)16(12)2/h3-4,7,9,14H,5-6,8H2,1-2H3. The molecule has 1 atom stereocenters. The van der Waals surface area contributed by atoms with E-state index in [1.807, 2.05) is 12.3 Å². The van der Waals surface area contributed by atoms with Gasteiger partial charge in [0.1, 0.15) is 5.65 Å². The molecule has 0 amide bonds. The van der Waals surface area contributed by atoms with Crippen LogP contribution in [0.4, 0.5) is 0 Å².